The van der Waals surface area contributed by atoms with Gasteiger partial charge in [-0.1, -0.05) is 0 Å². The van der Waals surface area contributed by atoms with E-state index in [-0.39, 0.29) is 17.3 Å². The highest BCUT2D eigenvalue weighted by Gasteiger charge is 2.61. The highest BCUT2D eigenvalue weighted by atomic mass is 32.1. The van der Waals surface area contributed by atoms with Gasteiger partial charge in [0.25, 0.3) is 0 Å². The monoisotopic (exact) mass is 305 g/mol. The van der Waals surface area contributed by atoms with E-state index >= 15 is 0 Å². The van der Waals surface area contributed by atoms with E-state index in [1.54, 1.807) is 6.07 Å². The fourth-order valence-corrected chi connectivity index (χ4v) is 5.84. The number of ether oxygens (including phenoxy) is 1. The number of methoxy groups -OCH3 is 1. The van der Waals surface area contributed by atoms with E-state index in [0.29, 0.717) is 16.5 Å². The Bertz CT molecular complexity index is 594. The Balaban J connectivity index is 1.57. The van der Waals surface area contributed by atoms with Crippen LogP contribution in [0.2, 0.25) is 0 Å². The molecule has 4 nitrogen and oxygen atoms in total. The molecule has 4 aliphatic carbocycles. The number of anilines is 1. The number of esters is 1. The Morgan fingerprint density at radius 2 is 2.00 bits per heavy atom. The first-order chi connectivity index (χ1) is 10.1. The number of nitrogens with one attached hydrogen (secondary N) is 1. The van der Waals surface area contributed by atoms with Crippen LogP contribution in [-0.4, -0.2) is 19.0 Å². The molecule has 1 amide bonds. The van der Waals surface area contributed by atoms with E-state index < -0.39 is 0 Å². The van der Waals surface area contributed by atoms with Gasteiger partial charge in [0, 0.05) is 0 Å². The minimum Gasteiger partial charge on any atom is -0.465 e. The number of thiophene rings is 1. The Morgan fingerprint density at radius 1 is 1.29 bits per heavy atom. The first-order valence-electron chi connectivity index (χ1n) is 7.59. The lowest BCUT2D eigenvalue weighted by molar-refractivity contribution is -0.127. The van der Waals surface area contributed by atoms with Crippen molar-refractivity contribution in [1.29, 1.82) is 0 Å². The lowest BCUT2D eigenvalue weighted by atomic mass is 9.75. The molecule has 112 valence electrons. The average Bonchev–Trinajstić information content (AvgIpc) is 3.09. The highest BCUT2D eigenvalue weighted by Crippen LogP contribution is 2.65. The summed E-state index contributed by atoms with van der Waals surface area (Å²) in [5.74, 6) is 1.79. The molecular weight excluding hydrogens is 286 g/mol. The maximum Gasteiger partial charge on any atom is 0.340 e. The molecule has 0 spiro atoms. The Labute approximate surface area is 127 Å². The van der Waals surface area contributed by atoms with Crippen molar-refractivity contribution in [2.45, 2.75) is 32.1 Å². The molecule has 0 radical (unpaired) electrons. The van der Waals surface area contributed by atoms with Crippen LogP contribution in [-0.2, 0) is 9.53 Å². The number of hydrogen-bond acceptors (Lipinski definition) is 4. The van der Waals surface area contributed by atoms with Crippen molar-refractivity contribution in [3.8, 4) is 0 Å². The molecule has 2 atom stereocenters. The van der Waals surface area contributed by atoms with Crippen LogP contribution in [0.25, 0.3) is 0 Å². The van der Waals surface area contributed by atoms with Crippen LogP contribution in [0.15, 0.2) is 11.4 Å². The summed E-state index contributed by atoms with van der Waals surface area (Å²) < 4.78 is 4.77. The number of rotatable bonds is 3. The summed E-state index contributed by atoms with van der Waals surface area (Å²) in [7, 11) is 1.36. The van der Waals surface area contributed by atoms with Gasteiger partial charge in [-0.05, 0) is 61.3 Å². The van der Waals surface area contributed by atoms with Crippen LogP contribution in [0.1, 0.15) is 42.5 Å². The van der Waals surface area contributed by atoms with Gasteiger partial charge in [-0.15, -0.1) is 11.3 Å². The summed E-state index contributed by atoms with van der Waals surface area (Å²) in [5, 5.41) is 5.48. The number of hydrogen-bond donors (Lipinski definition) is 1. The highest BCUT2D eigenvalue weighted by molar-refractivity contribution is 7.14. The maximum atomic E-state index is 12.9. The minimum absolute atomic E-state index is 0.129. The molecule has 2 unspecified atom stereocenters. The van der Waals surface area contributed by atoms with Gasteiger partial charge in [0.1, 0.15) is 5.00 Å². The van der Waals surface area contributed by atoms with Gasteiger partial charge in [-0.25, -0.2) is 4.79 Å². The molecule has 5 heteroatoms. The molecule has 4 aliphatic rings. The van der Waals surface area contributed by atoms with Gasteiger partial charge in [-0.2, -0.15) is 0 Å². The maximum absolute atomic E-state index is 12.9. The quantitative estimate of drug-likeness (QED) is 0.872. The predicted molar refractivity (Wildman–Crippen MR) is 80.3 cm³/mol. The molecule has 5 rings (SSSR count). The molecule has 1 N–H and O–H groups in total. The summed E-state index contributed by atoms with van der Waals surface area (Å²) in [5.41, 5.74) is 0.301. The molecule has 4 saturated carbocycles. The van der Waals surface area contributed by atoms with Crippen molar-refractivity contribution in [2.75, 3.05) is 12.4 Å². The predicted octanol–water partition coefficient (Wildman–Crippen LogP) is 3.30. The van der Waals surface area contributed by atoms with Gasteiger partial charge in [-0.3, -0.25) is 4.79 Å². The van der Waals surface area contributed by atoms with E-state index in [1.807, 2.05) is 5.38 Å². The first kappa shape index (κ1) is 13.3. The normalized spacial score (nSPS) is 36.0. The largest absolute Gasteiger partial charge is 0.465 e. The average molecular weight is 305 g/mol. The third-order valence-corrected chi connectivity index (χ3v) is 6.57. The van der Waals surface area contributed by atoms with Gasteiger partial charge in [0.2, 0.25) is 5.91 Å². The molecule has 0 saturated heterocycles. The van der Waals surface area contributed by atoms with Crippen molar-refractivity contribution in [3.05, 3.63) is 17.0 Å². The summed E-state index contributed by atoms with van der Waals surface area (Å²) in [6, 6.07) is 1.71. The van der Waals surface area contributed by atoms with E-state index in [2.05, 4.69) is 5.32 Å². The third-order valence-electron chi connectivity index (χ3n) is 5.74. The standard InChI is InChI=1S/C16H19NO3S/c1-20-14(18)12-2-3-21-13(12)17-15(19)16-7-9-4-10(8-16)6-11(16)5-9/h2-3,9-11H,4-8H2,1H3,(H,17,19). The molecular formula is C16H19NO3S. The SMILES string of the molecule is COC(=O)c1ccsc1NC(=O)C12CC3CC(CC1C3)C2. The van der Waals surface area contributed by atoms with Gasteiger partial charge < -0.3 is 10.1 Å². The molecule has 4 fully saturated rings. The molecule has 21 heavy (non-hydrogen) atoms. The van der Waals surface area contributed by atoms with Crippen molar-refractivity contribution < 1.29 is 14.3 Å². The fourth-order valence-electron chi connectivity index (χ4n) is 5.07. The van der Waals surface area contributed by atoms with Crippen LogP contribution >= 0.6 is 11.3 Å². The lowest BCUT2D eigenvalue weighted by Crippen LogP contribution is -2.37. The van der Waals surface area contributed by atoms with E-state index in [0.717, 1.165) is 24.7 Å². The zero-order valence-corrected chi connectivity index (χ0v) is 12.9. The number of carbonyl (C=O) groups is 2. The second kappa shape index (κ2) is 4.57. The summed E-state index contributed by atoms with van der Waals surface area (Å²) >= 11 is 1.39. The zero-order valence-electron chi connectivity index (χ0n) is 12.1. The van der Waals surface area contributed by atoms with E-state index in [1.165, 1.54) is 37.7 Å². The van der Waals surface area contributed by atoms with Crippen LogP contribution < -0.4 is 5.32 Å². The summed E-state index contributed by atoms with van der Waals surface area (Å²) in [6.45, 7) is 0. The van der Waals surface area contributed by atoms with Crippen LogP contribution in [0.3, 0.4) is 0 Å². The summed E-state index contributed by atoms with van der Waals surface area (Å²) in [4.78, 5) is 24.6. The number of amides is 1. The smallest absolute Gasteiger partial charge is 0.340 e. The minimum atomic E-state index is -0.388. The Hall–Kier alpha value is -1.36. The zero-order chi connectivity index (χ0) is 14.6. The van der Waals surface area contributed by atoms with Gasteiger partial charge >= 0.3 is 5.97 Å². The Kier molecular flexibility index (Phi) is 2.89. The van der Waals surface area contributed by atoms with E-state index in [4.69, 9.17) is 4.74 Å². The van der Waals surface area contributed by atoms with Crippen molar-refractivity contribution >= 4 is 28.2 Å². The third kappa shape index (κ3) is 1.86. The second-order valence-corrected chi connectivity index (χ2v) is 7.73. The van der Waals surface area contributed by atoms with Crippen molar-refractivity contribution in [1.82, 2.24) is 0 Å². The lowest BCUT2D eigenvalue weighted by Gasteiger charge is -2.31. The molecule has 1 aromatic heterocycles. The van der Waals surface area contributed by atoms with Gasteiger partial charge in [0.05, 0.1) is 18.1 Å². The van der Waals surface area contributed by atoms with Gasteiger partial charge in [0.15, 0.2) is 0 Å². The number of carbonyl (C=O) groups excluding carboxylic acids is 2. The van der Waals surface area contributed by atoms with Crippen molar-refractivity contribution in [2.24, 2.45) is 23.2 Å². The van der Waals surface area contributed by atoms with Crippen LogP contribution in [0.4, 0.5) is 5.00 Å². The molecule has 1 aromatic rings. The first-order valence-corrected chi connectivity index (χ1v) is 8.47. The molecule has 4 bridgehead atoms. The van der Waals surface area contributed by atoms with Crippen molar-refractivity contribution in [3.63, 3.8) is 0 Å². The molecule has 1 heterocycles. The summed E-state index contributed by atoms with van der Waals surface area (Å²) in [6.07, 6.45) is 5.84. The van der Waals surface area contributed by atoms with Crippen LogP contribution in [0.5, 0.6) is 0 Å². The van der Waals surface area contributed by atoms with E-state index in [9.17, 15) is 9.59 Å². The molecule has 0 aliphatic heterocycles. The Morgan fingerprint density at radius 3 is 2.67 bits per heavy atom. The molecule has 0 aromatic carbocycles. The fraction of sp³-hybridized carbons (Fsp3) is 0.625. The van der Waals surface area contributed by atoms with Crippen LogP contribution in [0, 0.1) is 23.2 Å². The second-order valence-electron chi connectivity index (χ2n) is 6.81. The topological polar surface area (TPSA) is 55.4 Å².